The van der Waals surface area contributed by atoms with Crippen molar-refractivity contribution in [2.45, 2.75) is 26.2 Å². The second-order valence-electron chi connectivity index (χ2n) is 1.95. The summed E-state index contributed by atoms with van der Waals surface area (Å²) in [6.07, 6.45) is 0.941. The molecule has 0 aliphatic heterocycles. The third kappa shape index (κ3) is 10.2. The summed E-state index contributed by atoms with van der Waals surface area (Å²) >= 11 is 0. The van der Waals surface area contributed by atoms with E-state index in [-0.39, 0.29) is 17.7 Å². The van der Waals surface area contributed by atoms with Crippen LogP contribution in [0.5, 0.6) is 0 Å². The van der Waals surface area contributed by atoms with Crippen molar-refractivity contribution in [3.63, 3.8) is 0 Å². The molecule has 0 saturated heterocycles. The van der Waals surface area contributed by atoms with Crippen LogP contribution < -0.4 is 0 Å². The molecule has 0 heterocycles. The molecule has 0 amide bonds. The fourth-order valence-corrected chi connectivity index (χ4v) is 0.489. The van der Waals surface area contributed by atoms with Crippen molar-refractivity contribution in [2.75, 3.05) is 0 Å². The van der Waals surface area contributed by atoms with Gasteiger partial charge in [0.05, 0.1) is 0 Å². The first-order valence-corrected chi connectivity index (χ1v) is 2.84. The number of Topliss-reactive ketones (excluding diaryl/α,β-unsaturated/α-hetero) is 1. The zero-order valence-electron chi connectivity index (χ0n) is 5.89. The third-order valence-corrected chi connectivity index (χ3v) is 0.919. The number of carbonyl (C=O) groups excluding carboxylic acids is 1. The minimum atomic E-state index is -0.837. The molecule has 0 atom stereocenters. The fourth-order valence-electron chi connectivity index (χ4n) is 0.489. The van der Waals surface area contributed by atoms with Crippen molar-refractivity contribution in [1.29, 1.82) is 0 Å². The zero-order chi connectivity index (χ0) is 7.28. The van der Waals surface area contributed by atoms with Gasteiger partial charge in [-0.15, -0.1) is 0 Å². The largest absolute Gasteiger partial charge is 0.481 e. The van der Waals surface area contributed by atoms with Crippen molar-refractivity contribution in [1.82, 2.24) is 0 Å². The Hall–Kier alpha value is -0.900. The zero-order valence-corrected chi connectivity index (χ0v) is 5.89. The van der Waals surface area contributed by atoms with Gasteiger partial charge in [-0.3, -0.25) is 4.79 Å². The number of ketones is 1. The minimum absolute atomic E-state index is 0. The summed E-state index contributed by atoms with van der Waals surface area (Å²) in [6.45, 7) is 1.46. The Morgan fingerprint density at radius 3 is 2.10 bits per heavy atom. The predicted molar refractivity (Wildman–Crippen MR) is 35.8 cm³/mol. The molecule has 3 N–H and O–H groups in total. The van der Waals surface area contributed by atoms with E-state index >= 15 is 0 Å². The maximum absolute atomic E-state index is 10.2. The van der Waals surface area contributed by atoms with Crippen LogP contribution in [-0.4, -0.2) is 22.3 Å². The van der Waals surface area contributed by atoms with Gasteiger partial charge in [0.15, 0.2) is 0 Å². The highest BCUT2D eigenvalue weighted by Crippen LogP contribution is 1.94. The maximum atomic E-state index is 10.2. The van der Waals surface area contributed by atoms with Crippen LogP contribution in [0.3, 0.4) is 0 Å². The first kappa shape index (κ1) is 11.8. The summed E-state index contributed by atoms with van der Waals surface area (Å²) < 4.78 is 0. The van der Waals surface area contributed by atoms with Gasteiger partial charge < -0.3 is 15.4 Å². The van der Waals surface area contributed by atoms with Gasteiger partial charge in [-0.25, -0.2) is 0 Å². The lowest BCUT2D eigenvalue weighted by Gasteiger charge is -1.89. The lowest BCUT2D eigenvalue weighted by atomic mass is 10.2. The van der Waals surface area contributed by atoms with Gasteiger partial charge in [0.2, 0.25) is 0 Å². The average Bonchev–Trinajstić information content (AvgIpc) is 1.63. The SMILES string of the molecule is CC(=O)CCCC(=O)O.O. The smallest absolute Gasteiger partial charge is 0.303 e. The molecule has 0 unspecified atom stereocenters. The molecule has 0 aromatic carbocycles. The molecule has 60 valence electrons. The molecule has 10 heavy (non-hydrogen) atoms. The summed E-state index contributed by atoms with van der Waals surface area (Å²) in [6, 6.07) is 0. The molecular formula is C6H12O4. The molecule has 0 aliphatic rings. The van der Waals surface area contributed by atoms with Crippen LogP contribution in [0, 0.1) is 0 Å². The Morgan fingerprint density at radius 1 is 1.30 bits per heavy atom. The van der Waals surface area contributed by atoms with Gasteiger partial charge in [0.25, 0.3) is 0 Å². The molecule has 0 fully saturated rings. The molecule has 0 radical (unpaired) electrons. The van der Waals surface area contributed by atoms with Gasteiger partial charge in [-0.2, -0.15) is 0 Å². The number of rotatable bonds is 4. The molecule has 0 bridgehead atoms. The number of carbonyl (C=O) groups is 2. The van der Waals surface area contributed by atoms with Crippen LogP contribution in [0.4, 0.5) is 0 Å². The number of carboxylic acid groups (broad SMARTS) is 1. The van der Waals surface area contributed by atoms with Gasteiger partial charge in [-0.05, 0) is 13.3 Å². The molecule has 0 aromatic rings. The van der Waals surface area contributed by atoms with Gasteiger partial charge in [-0.1, -0.05) is 0 Å². The maximum Gasteiger partial charge on any atom is 0.303 e. The second-order valence-corrected chi connectivity index (χ2v) is 1.95. The van der Waals surface area contributed by atoms with Crippen LogP contribution in [0.25, 0.3) is 0 Å². The van der Waals surface area contributed by atoms with Gasteiger partial charge in [0, 0.05) is 12.8 Å². The van der Waals surface area contributed by atoms with Gasteiger partial charge >= 0.3 is 5.97 Å². The lowest BCUT2D eigenvalue weighted by Crippen LogP contribution is -1.96. The van der Waals surface area contributed by atoms with Crippen LogP contribution in [0.1, 0.15) is 26.2 Å². The monoisotopic (exact) mass is 148 g/mol. The third-order valence-electron chi connectivity index (χ3n) is 0.919. The first-order chi connectivity index (χ1) is 4.13. The van der Waals surface area contributed by atoms with E-state index in [4.69, 9.17) is 5.11 Å². The molecule has 4 heteroatoms. The summed E-state index contributed by atoms with van der Waals surface area (Å²) in [7, 11) is 0. The summed E-state index contributed by atoms with van der Waals surface area (Å²) in [5.74, 6) is -0.785. The quantitative estimate of drug-likeness (QED) is 0.609. The van der Waals surface area contributed by atoms with Crippen molar-refractivity contribution in [2.24, 2.45) is 0 Å². The van der Waals surface area contributed by atoms with Crippen LogP contribution in [0.15, 0.2) is 0 Å². The summed E-state index contributed by atoms with van der Waals surface area (Å²) in [4.78, 5) is 20.1. The standard InChI is InChI=1S/C6H10O3.H2O/c1-5(7)3-2-4-6(8)9;/h2-4H2,1H3,(H,8,9);1H2. The Labute approximate surface area is 59.2 Å². The average molecular weight is 148 g/mol. The highest BCUT2D eigenvalue weighted by Gasteiger charge is 1.97. The van der Waals surface area contributed by atoms with Crippen LogP contribution in [-0.2, 0) is 9.59 Å². The molecule has 0 saturated carbocycles. The first-order valence-electron chi connectivity index (χ1n) is 2.84. The Bertz CT molecular complexity index is 105. The van der Waals surface area contributed by atoms with Crippen molar-refractivity contribution < 1.29 is 20.2 Å². The lowest BCUT2D eigenvalue weighted by molar-refractivity contribution is -0.137. The van der Waals surface area contributed by atoms with Crippen molar-refractivity contribution in [3.8, 4) is 0 Å². The Balaban J connectivity index is 0. The topological polar surface area (TPSA) is 85.9 Å². The van der Waals surface area contributed by atoms with E-state index in [0.717, 1.165) is 0 Å². The second kappa shape index (κ2) is 6.22. The highest BCUT2D eigenvalue weighted by atomic mass is 16.4. The molecule has 0 aromatic heterocycles. The number of hydrogen-bond acceptors (Lipinski definition) is 2. The summed E-state index contributed by atoms with van der Waals surface area (Å²) in [5.41, 5.74) is 0. The summed E-state index contributed by atoms with van der Waals surface area (Å²) in [5, 5.41) is 8.12. The van der Waals surface area contributed by atoms with Crippen molar-refractivity contribution in [3.05, 3.63) is 0 Å². The van der Waals surface area contributed by atoms with Crippen molar-refractivity contribution >= 4 is 11.8 Å². The number of hydrogen-bond donors (Lipinski definition) is 1. The van der Waals surface area contributed by atoms with Crippen LogP contribution >= 0.6 is 0 Å². The van der Waals surface area contributed by atoms with E-state index in [9.17, 15) is 9.59 Å². The van der Waals surface area contributed by atoms with E-state index in [1.165, 1.54) is 6.92 Å². The van der Waals surface area contributed by atoms with E-state index in [1.807, 2.05) is 0 Å². The van der Waals surface area contributed by atoms with E-state index in [1.54, 1.807) is 0 Å². The number of carboxylic acids is 1. The minimum Gasteiger partial charge on any atom is -0.481 e. The van der Waals surface area contributed by atoms with E-state index in [2.05, 4.69) is 0 Å². The molecule has 0 aliphatic carbocycles. The Morgan fingerprint density at radius 2 is 1.80 bits per heavy atom. The molecule has 4 nitrogen and oxygen atoms in total. The Kier molecular flexibility index (Phi) is 7.37. The van der Waals surface area contributed by atoms with Gasteiger partial charge in [0.1, 0.15) is 5.78 Å². The van der Waals surface area contributed by atoms with Crippen LogP contribution in [0.2, 0.25) is 0 Å². The van der Waals surface area contributed by atoms with E-state index in [0.29, 0.717) is 12.8 Å². The highest BCUT2D eigenvalue weighted by molar-refractivity contribution is 5.76. The molecule has 0 spiro atoms. The normalized spacial score (nSPS) is 8.10. The number of aliphatic carboxylic acids is 1. The molecule has 0 rings (SSSR count). The molecular weight excluding hydrogens is 136 g/mol. The van der Waals surface area contributed by atoms with E-state index < -0.39 is 5.97 Å². The fraction of sp³-hybridized carbons (Fsp3) is 0.667. The predicted octanol–water partition coefficient (Wildman–Crippen LogP) is 0.00560.